The monoisotopic (exact) mass is 351 g/mol. The third-order valence-corrected chi connectivity index (χ3v) is 4.47. The Morgan fingerprint density at radius 3 is 2.75 bits per heavy atom. The zero-order valence-electron chi connectivity index (χ0n) is 10.9. The predicted molar refractivity (Wildman–Crippen MR) is 84.7 cm³/mol. The van der Waals surface area contributed by atoms with E-state index in [2.05, 4.69) is 34.1 Å². The van der Waals surface area contributed by atoms with Crippen LogP contribution < -0.4 is 5.73 Å². The number of benzene rings is 2. The van der Waals surface area contributed by atoms with Gasteiger partial charge in [-0.25, -0.2) is 0 Å². The van der Waals surface area contributed by atoms with Gasteiger partial charge in [0.2, 0.25) is 0 Å². The zero-order chi connectivity index (χ0) is 14.1. The summed E-state index contributed by atoms with van der Waals surface area (Å²) in [6.07, 6.45) is 0.728. The second-order valence-electron chi connectivity index (χ2n) is 5.07. The van der Waals surface area contributed by atoms with E-state index in [4.69, 9.17) is 22.1 Å². The number of halogens is 2. The van der Waals surface area contributed by atoms with Crippen LogP contribution in [-0.4, -0.2) is 0 Å². The third-order valence-electron chi connectivity index (χ3n) is 3.63. The number of fused-ring (bicyclic) bond motifs is 1. The molecule has 104 valence electrons. The Labute approximate surface area is 132 Å². The molecule has 20 heavy (non-hydrogen) atoms. The van der Waals surface area contributed by atoms with E-state index >= 15 is 0 Å². The van der Waals surface area contributed by atoms with Gasteiger partial charge in [-0.05, 0) is 40.8 Å². The lowest BCUT2D eigenvalue weighted by atomic mass is 9.96. The highest BCUT2D eigenvalue weighted by Crippen LogP contribution is 2.28. The Bertz CT molecular complexity index is 644. The summed E-state index contributed by atoms with van der Waals surface area (Å²) < 4.78 is 6.41. The van der Waals surface area contributed by atoms with E-state index in [0.29, 0.717) is 13.2 Å². The maximum Gasteiger partial charge on any atom is 0.0725 e. The molecule has 0 aromatic heterocycles. The average molecular weight is 353 g/mol. The SMILES string of the molecule is NC(Cc1ccc(Br)cc1Cl)c1ccc2c(c1)COC2. The number of hydrogen-bond donors (Lipinski definition) is 1. The van der Waals surface area contributed by atoms with E-state index in [0.717, 1.165) is 27.0 Å². The molecule has 4 heteroatoms. The molecule has 0 fully saturated rings. The molecular formula is C16H15BrClNO. The standard InChI is InChI=1S/C16H15BrClNO/c17-14-4-3-10(15(18)7-14)6-16(19)11-1-2-12-8-20-9-13(12)5-11/h1-5,7,16H,6,8-9,19H2. The van der Waals surface area contributed by atoms with Crippen LogP contribution in [0.5, 0.6) is 0 Å². The molecule has 1 aliphatic rings. The van der Waals surface area contributed by atoms with E-state index in [1.165, 1.54) is 11.1 Å². The van der Waals surface area contributed by atoms with Gasteiger partial charge in [0.1, 0.15) is 0 Å². The summed E-state index contributed by atoms with van der Waals surface area (Å²) in [7, 11) is 0. The molecule has 1 heterocycles. The van der Waals surface area contributed by atoms with Crippen LogP contribution in [0.2, 0.25) is 5.02 Å². The van der Waals surface area contributed by atoms with Gasteiger partial charge in [-0.15, -0.1) is 0 Å². The largest absolute Gasteiger partial charge is 0.372 e. The van der Waals surface area contributed by atoms with E-state index in [1.807, 2.05) is 18.2 Å². The number of rotatable bonds is 3. The Balaban J connectivity index is 1.80. The molecule has 0 radical (unpaired) electrons. The van der Waals surface area contributed by atoms with Crippen molar-refractivity contribution in [1.29, 1.82) is 0 Å². The van der Waals surface area contributed by atoms with Crippen LogP contribution in [0.3, 0.4) is 0 Å². The first-order chi connectivity index (χ1) is 9.63. The molecular weight excluding hydrogens is 338 g/mol. The van der Waals surface area contributed by atoms with Gasteiger partial charge < -0.3 is 10.5 Å². The molecule has 0 saturated carbocycles. The van der Waals surface area contributed by atoms with Crippen molar-refractivity contribution >= 4 is 27.5 Å². The fourth-order valence-corrected chi connectivity index (χ4v) is 3.22. The van der Waals surface area contributed by atoms with Gasteiger partial charge in [-0.1, -0.05) is 51.8 Å². The highest BCUT2D eigenvalue weighted by molar-refractivity contribution is 9.10. The van der Waals surface area contributed by atoms with Crippen LogP contribution in [0.15, 0.2) is 40.9 Å². The molecule has 0 saturated heterocycles. The first-order valence-electron chi connectivity index (χ1n) is 6.52. The summed E-state index contributed by atoms with van der Waals surface area (Å²) >= 11 is 9.66. The molecule has 0 amide bonds. The van der Waals surface area contributed by atoms with Crippen molar-refractivity contribution in [1.82, 2.24) is 0 Å². The molecule has 0 bridgehead atoms. The van der Waals surface area contributed by atoms with Crippen molar-refractivity contribution in [2.45, 2.75) is 25.7 Å². The lowest BCUT2D eigenvalue weighted by molar-refractivity contribution is 0.134. The van der Waals surface area contributed by atoms with Crippen LogP contribution in [0.25, 0.3) is 0 Å². The second-order valence-corrected chi connectivity index (χ2v) is 6.39. The summed E-state index contributed by atoms with van der Waals surface area (Å²) in [5.41, 5.74) is 11.0. The molecule has 2 nitrogen and oxygen atoms in total. The van der Waals surface area contributed by atoms with E-state index in [1.54, 1.807) is 0 Å². The molecule has 1 aliphatic heterocycles. The quantitative estimate of drug-likeness (QED) is 0.890. The molecule has 3 rings (SSSR count). The van der Waals surface area contributed by atoms with E-state index in [-0.39, 0.29) is 6.04 Å². The minimum Gasteiger partial charge on any atom is -0.372 e. The zero-order valence-corrected chi connectivity index (χ0v) is 13.2. The fraction of sp³-hybridized carbons (Fsp3) is 0.250. The average Bonchev–Trinajstić information content (AvgIpc) is 2.89. The van der Waals surface area contributed by atoms with Crippen LogP contribution in [0.1, 0.15) is 28.3 Å². The Morgan fingerprint density at radius 2 is 1.95 bits per heavy atom. The summed E-state index contributed by atoms with van der Waals surface area (Å²) in [6.45, 7) is 1.40. The van der Waals surface area contributed by atoms with Crippen LogP contribution in [0, 0.1) is 0 Å². The summed E-state index contributed by atoms with van der Waals surface area (Å²) in [6, 6.07) is 12.2. The Hall–Kier alpha value is -0.870. The topological polar surface area (TPSA) is 35.2 Å². The lowest BCUT2D eigenvalue weighted by Gasteiger charge is -2.14. The van der Waals surface area contributed by atoms with E-state index in [9.17, 15) is 0 Å². The van der Waals surface area contributed by atoms with Gasteiger partial charge in [0.15, 0.2) is 0 Å². The van der Waals surface area contributed by atoms with Gasteiger partial charge in [-0.2, -0.15) is 0 Å². The Morgan fingerprint density at radius 1 is 1.15 bits per heavy atom. The minimum atomic E-state index is -0.0559. The highest BCUT2D eigenvalue weighted by Gasteiger charge is 2.15. The van der Waals surface area contributed by atoms with Crippen LogP contribution in [-0.2, 0) is 24.4 Å². The first-order valence-corrected chi connectivity index (χ1v) is 7.69. The van der Waals surface area contributed by atoms with Crippen molar-refractivity contribution < 1.29 is 4.74 Å². The summed E-state index contributed by atoms with van der Waals surface area (Å²) in [4.78, 5) is 0. The molecule has 2 aromatic rings. The van der Waals surface area contributed by atoms with Crippen molar-refractivity contribution in [2.75, 3.05) is 0 Å². The molecule has 0 spiro atoms. The molecule has 2 aromatic carbocycles. The normalized spacial score (nSPS) is 15.2. The molecule has 2 N–H and O–H groups in total. The summed E-state index contributed by atoms with van der Waals surface area (Å²) in [5, 5.41) is 0.749. The summed E-state index contributed by atoms with van der Waals surface area (Å²) in [5.74, 6) is 0. The van der Waals surface area contributed by atoms with Gasteiger partial charge in [0.25, 0.3) is 0 Å². The Kier molecular flexibility index (Phi) is 4.13. The maximum atomic E-state index is 6.32. The van der Waals surface area contributed by atoms with Crippen molar-refractivity contribution in [3.05, 3.63) is 68.1 Å². The van der Waals surface area contributed by atoms with Gasteiger partial charge in [-0.3, -0.25) is 0 Å². The van der Waals surface area contributed by atoms with Crippen molar-refractivity contribution in [2.24, 2.45) is 5.73 Å². The van der Waals surface area contributed by atoms with Gasteiger partial charge in [0.05, 0.1) is 13.2 Å². The molecule has 1 atom stereocenters. The first kappa shape index (κ1) is 14.1. The highest BCUT2D eigenvalue weighted by atomic mass is 79.9. The van der Waals surface area contributed by atoms with Gasteiger partial charge >= 0.3 is 0 Å². The van der Waals surface area contributed by atoms with Crippen molar-refractivity contribution in [3.8, 4) is 0 Å². The minimum absolute atomic E-state index is 0.0559. The second kappa shape index (κ2) is 5.86. The van der Waals surface area contributed by atoms with Crippen LogP contribution >= 0.6 is 27.5 Å². The smallest absolute Gasteiger partial charge is 0.0725 e. The molecule has 1 unspecified atom stereocenters. The number of ether oxygens (including phenoxy) is 1. The fourth-order valence-electron chi connectivity index (χ4n) is 2.46. The third kappa shape index (κ3) is 2.91. The maximum absolute atomic E-state index is 6.32. The number of hydrogen-bond acceptors (Lipinski definition) is 2. The van der Waals surface area contributed by atoms with Crippen LogP contribution in [0.4, 0.5) is 0 Å². The predicted octanol–water partition coefficient (Wildman–Crippen LogP) is 4.38. The number of nitrogens with two attached hydrogens (primary N) is 1. The van der Waals surface area contributed by atoms with Crippen molar-refractivity contribution in [3.63, 3.8) is 0 Å². The van der Waals surface area contributed by atoms with E-state index < -0.39 is 0 Å². The molecule has 0 aliphatic carbocycles. The van der Waals surface area contributed by atoms with Gasteiger partial charge in [0, 0.05) is 15.5 Å². The lowest BCUT2D eigenvalue weighted by Crippen LogP contribution is -2.14.